The Hall–Kier alpha value is -3.41. The van der Waals surface area contributed by atoms with Gasteiger partial charge in [0.2, 0.25) is 5.13 Å². The van der Waals surface area contributed by atoms with E-state index in [0.717, 1.165) is 24.2 Å². The summed E-state index contributed by atoms with van der Waals surface area (Å²) >= 11 is 1.28. The fraction of sp³-hybridized carbons (Fsp3) is 0.417. The lowest BCUT2D eigenvalue weighted by atomic mass is 9.97. The van der Waals surface area contributed by atoms with Crippen LogP contribution in [-0.4, -0.2) is 59.6 Å². The van der Waals surface area contributed by atoms with E-state index in [1.807, 2.05) is 36.4 Å². The lowest BCUT2D eigenvalue weighted by molar-refractivity contribution is -0.176. The molecule has 2 atom stereocenters. The number of rotatable bonds is 3. The fourth-order valence-corrected chi connectivity index (χ4v) is 5.95. The summed E-state index contributed by atoms with van der Waals surface area (Å²) in [4.78, 5) is 23.7. The quantitative estimate of drug-likeness (QED) is 0.529. The third-order valence-electron chi connectivity index (χ3n) is 7.02. The van der Waals surface area contributed by atoms with Gasteiger partial charge in [0.25, 0.3) is 0 Å². The largest absolute Gasteiger partial charge is 0.393 e. The van der Waals surface area contributed by atoms with E-state index in [4.69, 9.17) is 4.98 Å². The number of pyridine rings is 1. The third kappa shape index (κ3) is 4.23. The Balaban J connectivity index is 1.26. The van der Waals surface area contributed by atoms with Gasteiger partial charge in [-0.1, -0.05) is 41.7 Å². The summed E-state index contributed by atoms with van der Waals surface area (Å²) in [7, 11) is 0. The second-order valence-corrected chi connectivity index (χ2v) is 10.3. The van der Waals surface area contributed by atoms with E-state index in [-0.39, 0.29) is 25.0 Å². The second-order valence-electron chi connectivity index (χ2n) is 9.31. The Morgan fingerprint density at radius 3 is 2.64 bits per heavy atom. The highest BCUT2D eigenvalue weighted by molar-refractivity contribution is 7.18. The monoisotopic (exact) mass is 515 g/mol. The molecule has 2 bridgehead atoms. The van der Waals surface area contributed by atoms with Crippen LogP contribution in [0.3, 0.4) is 0 Å². The maximum absolute atomic E-state index is 13.5. The van der Waals surface area contributed by atoms with E-state index >= 15 is 0 Å². The molecule has 0 saturated carbocycles. The zero-order chi connectivity index (χ0) is 24.9. The van der Waals surface area contributed by atoms with Crippen LogP contribution in [0.25, 0.3) is 10.6 Å². The van der Waals surface area contributed by atoms with Gasteiger partial charge < -0.3 is 9.80 Å². The average molecular weight is 516 g/mol. The maximum Gasteiger partial charge on any atom is 0.393 e. The number of carbonyl (C=O) groups excluding carboxylic acids is 1. The molecule has 0 spiro atoms. The minimum absolute atomic E-state index is 0.0777. The van der Waals surface area contributed by atoms with Crippen LogP contribution < -0.4 is 20.0 Å². The van der Waals surface area contributed by atoms with Crippen molar-refractivity contribution in [2.75, 3.05) is 46.2 Å². The molecule has 1 N–H and O–H groups in total. The van der Waals surface area contributed by atoms with Gasteiger partial charge in [0.1, 0.15) is 10.8 Å². The smallest absolute Gasteiger partial charge is 0.366 e. The number of alkyl halides is 3. The lowest BCUT2D eigenvalue weighted by Gasteiger charge is -2.38. The number of halogens is 3. The Morgan fingerprint density at radius 1 is 1.00 bits per heavy atom. The van der Waals surface area contributed by atoms with Crippen LogP contribution in [0.15, 0.2) is 42.5 Å². The number of hydrogen-bond donors (Lipinski definition) is 1. The molecular weight excluding hydrogens is 491 g/mol. The molecule has 1 aromatic carbocycles. The van der Waals surface area contributed by atoms with Crippen LogP contribution in [0, 0.1) is 5.92 Å². The first-order valence-corrected chi connectivity index (χ1v) is 12.8. The molecule has 2 fully saturated rings. The standard InChI is InChI=1S/C24H24F3N7OS/c25-24(26,27)16-7-4-11-33(13-16)19-9-8-18-20(28-19)34(17-10-12-32(18)14-17)23(35)29-22-31-30-21(36-22)15-5-2-1-3-6-15/h1-3,5-6,8-9,16-17H,4,7,10-14H2,(H,29,31,35)/t16?,17-/m0/s1. The van der Waals surface area contributed by atoms with Crippen molar-refractivity contribution in [1.82, 2.24) is 15.2 Å². The number of fused-ring (bicyclic) bond motifs is 4. The summed E-state index contributed by atoms with van der Waals surface area (Å²) in [6.45, 7) is 1.86. The summed E-state index contributed by atoms with van der Waals surface area (Å²) in [5, 5.41) is 12.3. The Morgan fingerprint density at radius 2 is 1.83 bits per heavy atom. The van der Waals surface area contributed by atoms with Crippen molar-refractivity contribution < 1.29 is 18.0 Å². The number of benzene rings is 1. The molecule has 1 unspecified atom stereocenters. The van der Waals surface area contributed by atoms with Gasteiger partial charge in [-0.2, -0.15) is 13.2 Å². The summed E-state index contributed by atoms with van der Waals surface area (Å²) in [5.41, 5.74) is 1.73. The molecule has 2 saturated heterocycles. The minimum Gasteiger partial charge on any atom is -0.366 e. The van der Waals surface area contributed by atoms with Gasteiger partial charge in [0.05, 0.1) is 17.6 Å². The van der Waals surface area contributed by atoms with E-state index in [1.54, 1.807) is 15.9 Å². The van der Waals surface area contributed by atoms with Crippen LogP contribution in [0.5, 0.6) is 0 Å². The number of anilines is 4. The van der Waals surface area contributed by atoms with Gasteiger partial charge in [-0.05, 0) is 31.4 Å². The zero-order valence-electron chi connectivity index (χ0n) is 19.3. The lowest BCUT2D eigenvalue weighted by Crippen LogP contribution is -2.48. The maximum atomic E-state index is 13.5. The number of amides is 2. The van der Waals surface area contributed by atoms with E-state index in [1.165, 1.54) is 11.3 Å². The van der Waals surface area contributed by atoms with E-state index < -0.39 is 12.1 Å². The van der Waals surface area contributed by atoms with Gasteiger partial charge in [-0.25, -0.2) is 9.78 Å². The van der Waals surface area contributed by atoms with Crippen molar-refractivity contribution in [3.63, 3.8) is 0 Å². The molecule has 3 aromatic rings. The van der Waals surface area contributed by atoms with E-state index in [2.05, 4.69) is 20.4 Å². The van der Waals surface area contributed by atoms with Crippen molar-refractivity contribution in [1.29, 1.82) is 0 Å². The van der Waals surface area contributed by atoms with Crippen LogP contribution in [0.2, 0.25) is 0 Å². The third-order valence-corrected chi connectivity index (χ3v) is 7.91. The molecule has 12 heteroatoms. The van der Waals surface area contributed by atoms with Crippen LogP contribution in [-0.2, 0) is 0 Å². The summed E-state index contributed by atoms with van der Waals surface area (Å²) in [6, 6.07) is 12.8. The summed E-state index contributed by atoms with van der Waals surface area (Å²) < 4.78 is 40.1. The number of aromatic nitrogens is 3. The van der Waals surface area contributed by atoms with Crippen molar-refractivity contribution in [3.8, 4) is 10.6 Å². The summed E-state index contributed by atoms with van der Waals surface area (Å²) in [5.74, 6) is -0.439. The highest BCUT2D eigenvalue weighted by Gasteiger charge is 2.43. The Kier molecular flexibility index (Phi) is 5.70. The fourth-order valence-electron chi connectivity index (χ4n) is 5.21. The topological polar surface area (TPSA) is 77.5 Å². The second kappa shape index (κ2) is 8.91. The van der Waals surface area contributed by atoms with Crippen molar-refractivity contribution in [2.24, 2.45) is 5.92 Å². The molecule has 2 aromatic heterocycles. The van der Waals surface area contributed by atoms with Gasteiger partial charge in [0, 0.05) is 31.7 Å². The van der Waals surface area contributed by atoms with Crippen LogP contribution >= 0.6 is 11.3 Å². The average Bonchev–Trinajstić information content (AvgIpc) is 3.52. The van der Waals surface area contributed by atoms with Gasteiger partial charge in [-0.15, -0.1) is 10.2 Å². The van der Waals surface area contributed by atoms with Gasteiger partial charge in [-0.3, -0.25) is 10.2 Å². The molecular formula is C24H24F3N7OS. The Labute approximate surface area is 209 Å². The first kappa shape index (κ1) is 23.0. The number of piperidine rings is 1. The SMILES string of the molecule is O=C(Nc1nnc(-c2ccccc2)s1)N1c2nc(N3CCCC(C(F)(F)F)C3)ccc2N2CC[C@H]1C2. The van der Waals surface area contributed by atoms with Crippen LogP contribution in [0.4, 0.5) is 40.4 Å². The first-order chi connectivity index (χ1) is 17.4. The molecule has 8 nitrogen and oxygen atoms in total. The minimum atomic E-state index is -4.23. The molecule has 188 valence electrons. The highest BCUT2D eigenvalue weighted by atomic mass is 32.1. The predicted molar refractivity (Wildman–Crippen MR) is 133 cm³/mol. The molecule has 0 aliphatic carbocycles. The van der Waals surface area contributed by atoms with E-state index in [9.17, 15) is 18.0 Å². The van der Waals surface area contributed by atoms with Gasteiger partial charge >= 0.3 is 12.2 Å². The highest BCUT2D eigenvalue weighted by Crippen LogP contribution is 2.41. The van der Waals surface area contributed by atoms with Crippen LogP contribution in [0.1, 0.15) is 19.3 Å². The first-order valence-electron chi connectivity index (χ1n) is 11.9. The van der Waals surface area contributed by atoms with Gasteiger partial charge in [0.15, 0.2) is 5.82 Å². The Bertz CT molecular complexity index is 1270. The normalized spacial score (nSPS) is 21.5. The molecule has 3 aliphatic heterocycles. The van der Waals surface area contributed by atoms with Crippen molar-refractivity contribution in [2.45, 2.75) is 31.5 Å². The molecule has 5 heterocycles. The number of hydrogen-bond acceptors (Lipinski definition) is 7. The summed E-state index contributed by atoms with van der Waals surface area (Å²) in [6.07, 6.45) is -2.88. The molecule has 3 aliphatic rings. The molecule has 36 heavy (non-hydrogen) atoms. The molecule has 2 amide bonds. The number of nitrogens with one attached hydrogen (secondary N) is 1. The predicted octanol–water partition coefficient (Wildman–Crippen LogP) is 5.01. The van der Waals surface area contributed by atoms with Crippen molar-refractivity contribution in [3.05, 3.63) is 42.5 Å². The molecule has 6 rings (SSSR count). The van der Waals surface area contributed by atoms with E-state index in [0.29, 0.717) is 41.3 Å². The zero-order valence-corrected chi connectivity index (χ0v) is 20.1. The number of urea groups is 1. The van der Waals surface area contributed by atoms with Crippen molar-refractivity contribution >= 4 is 39.8 Å². The number of carbonyl (C=O) groups is 1. The number of nitrogens with zero attached hydrogens (tertiary/aromatic N) is 6. The molecule has 0 radical (unpaired) electrons.